The Kier molecular flexibility index (Phi) is 4.77. The van der Waals surface area contributed by atoms with Gasteiger partial charge in [0.1, 0.15) is 11.4 Å². The third-order valence-electron chi connectivity index (χ3n) is 4.63. The van der Waals surface area contributed by atoms with Crippen LogP contribution < -0.4 is 5.32 Å². The molecule has 0 spiro atoms. The lowest BCUT2D eigenvalue weighted by atomic mass is 10.0. The number of nitrogens with one attached hydrogen (secondary N) is 1. The largest absolute Gasteiger partial charge is 0.470 e. The van der Waals surface area contributed by atoms with E-state index in [1.807, 2.05) is 0 Å². The Labute approximate surface area is 169 Å². The zero-order valence-electron chi connectivity index (χ0n) is 15.6. The Bertz CT molecular complexity index is 1130. The monoisotopic (exact) mass is 449 g/mol. The molecule has 4 rings (SSSR count). The molecule has 1 aliphatic rings. The Morgan fingerprint density at radius 1 is 1.13 bits per heavy atom. The summed E-state index contributed by atoms with van der Waals surface area (Å²) in [6, 6.07) is 1.39. The van der Waals surface area contributed by atoms with Gasteiger partial charge >= 0.3 is 18.2 Å². The van der Waals surface area contributed by atoms with E-state index in [0.717, 1.165) is 4.68 Å². The highest BCUT2D eigenvalue weighted by Gasteiger charge is 2.39. The first-order chi connectivity index (χ1) is 14.4. The van der Waals surface area contributed by atoms with Crippen LogP contribution in [0.5, 0.6) is 0 Å². The van der Waals surface area contributed by atoms with Gasteiger partial charge in [0.25, 0.3) is 11.8 Å². The zero-order chi connectivity index (χ0) is 22.6. The molecule has 15 heteroatoms. The van der Waals surface area contributed by atoms with E-state index in [9.17, 15) is 31.1 Å². The number of hydrogen-bond donors (Lipinski definition) is 1. The predicted octanol–water partition coefficient (Wildman–Crippen LogP) is 2.97. The molecule has 9 nitrogen and oxygen atoms in total. The molecule has 0 aliphatic carbocycles. The fourth-order valence-corrected chi connectivity index (χ4v) is 3.23. The third-order valence-corrected chi connectivity index (χ3v) is 4.63. The molecule has 0 bridgehead atoms. The molecule has 3 aromatic heterocycles. The van der Waals surface area contributed by atoms with Crippen molar-refractivity contribution in [3.05, 3.63) is 35.1 Å². The van der Waals surface area contributed by atoms with Crippen molar-refractivity contribution in [2.45, 2.75) is 37.8 Å². The van der Waals surface area contributed by atoms with Gasteiger partial charge in [0.15, 0.2) is 5.69 Å². The van der Waals surface area contributed by atoms with Crippen LogP contribution in [0.2, 0.25) is 0 Å². The van der Waals surface area contributed by atoms with E-state index < -0.39 is 41.8 Å². The van der Waals surface area contributed by atoms with E-state index in [4.69, 9.17) is 0 Å². The summed E-state index contributed by atoms with van der Waals surface area (Å²) in [6.45, 7) is 0.423. The highest BCUT2D eigenvalue weighted by Crippen LogP contribution is 2.33. The van der Waals surface area contributed by atoms with Gasteiger partial charge in [-0.15, -0.1) is 10.2 Å². The van der Waals surface area contributed by atoms with Crippen LogP contribution in [0.3, 0.4) is 0 Å². The van der Waals surface area contributed by atoms with Crippen LogP contribution >= 0.6 is 0 Å². The highest BCUT2D eigenvalue weighted by molar-refractivity contribution is 5.93. The summed E-state index contributed by atoms with van der Waals surface area (Å²) in [5.41, 5.74) is -1.07. The molecule has 166 valence electrons. The van der Waals surface area contributed by atoms with E-state index in [-0.39, 0.29) is 11.4 Å². The van der Waals surface area contributed by atoms with Crippen molar-refractivity contribution in [2.75, 3.05) is 0 Å². The van der Waals surface area contributed by atoms with Gasteiger partial charge < -0.3 is 9.73 Å². The van der Waals surface area contributed by atoms with Gasteiger partial charge in [0.2, 0.25) is 0 Å². The Morgan fingerprint density at radius 3 is 2.48 bits per heavy atom. The average molecular weight is 449 g/mol. The van der Waals surface area contributed by atoms with Crippen LogP contribution in [0.4, 0.5) is 26.3 Å². The van der Waals surface area contributed by atoms with Gasteiger partial charge in [-0.2, -0.15) is 36.5 Å². The lowest BCUT2D eigenvalue weighted by molar-refractivity contribution is -0.157. The van der Waals surface area contributed by atoms with Gasteiger partial charge in [0.05, 0.1) is 11.7 Å². The first-order valence-corrected chi connectivity index (χ1v) is 8.84. The Hall–Kier alpha value is -3.39. The summed E-state index contributed by atoms with van der Waals surface area (Å²) in [4.78, 5) is 12.5. The van der Waals surface area contributed by atoms with Crippen LogP contribution in [-0.4, -0.2) is 35.7 Å². The summed E-state index contributed by atoms with van der Waals surface area (Å²) in [6.07, 6.45) is -8.50. The van der Waals surface area contributed by atoms with Crippen molar-refractivity contribution in [1.29, 1.82) is 0 Å². The molecule has 1 atom stereocenters. The molecular weight excluding hydrogens is 436 g/mol. The second kappa shape index (κ2) is 7.09. The van der Waals surface area contributed by atoms with Gasteiger partial charge in [-0.25, -0.2) is 0 Å². The molecule has 0 saturated heterocycles. The molecule has 0 radical (unpaired) electrons. The normalized spacial score (nSPS) is 16.9. The lowest BCUT2D eigenvalue weighted by Gasteiger charge is -2.24. The van der Waals surface area contributed by atoms with E-state index in [1.165, 1.54) is 17.8 Å². The molecule has 3 aromatic rings. The molecule has 0 aromatic carbocycles. The Morgan fingerprint density at radius 2 is 1.87 bits per heavy atom. The maximum absolute atomic E-state index is 12.8. The second-order valence-corrected chi connectivity index (χ2v) is 6.79. The highest BCUT2D eigenvalue weighted by atomic mass is 19.4. The number of aryl methyl sites for hydroxylation is 2. The maximum Gasteiger partial charge on any atom is 0.470 e. The first kappa shape index (κ1) is 20.9. The topological polar surface area (TPSA) is 104 Å². The van der Waals surface area contributed by atoms with E-state index in [0.29, 0.717) is 31.1 Å². The first-order valence-electron chi connectivity index (χ1n) is 8.84. The van der Waals surface area contributed by atoms with Crippen LogP contribution in [-0.2, 0) is 25.9 Å². The number of nitrogens with zero attached hydrogens (tertiary/aromatic N) is 6. The Balaban J connectivity index is 1.57. The van der Waals surface area contributed by atoms with E-state index >= 15 is 0 Å². The fourth-order valence-electron chi connectivity index (χ4n) is 3.23. The molecule has 1 aliphatic heterocycles. The maximum atomic E-state index is 12.8. The second-order valence-electron chi connectivity index (χ2n) is 6.79. The minimum absolute atomic E-state index is 0.0148. The zero-order valence-corrected chi connectivity index (χ0v) is 15.6. The van der Waals surface area contributed by atoms with Crippen molar-refractivity contribution in [2.24, 2.45) is 7.05 Å². The van der Waals surface area contributed by atoms with Crippen molar-refractivity contribution in [3.63, 3.8) is 0 Å². The lowest BCUT2D eigenvalue weighted by Crippen LogP contribution is -2.33. The number of alkyl halides is 6. The molecule has 1 unspecified atom stereocenters. The van der Waals surface area contributed by atoms with Crippen molar-refractivity contribution in [1.82, 2.24) is 35.1 Å². The van der Waals surface area contributed by atoms with Crippen LogP contribution in [0.25, 0.3) is 11.6 Å². The van der Waals surface area contributed by atoms with Crippen LogP contribution in [0, 0.1) is 0 Å². The number of carbonyl (C=O) groups is 1. The molecule has 1 N–H and O–H groups in total. The van der Waals surface area contributed by atoms with Crippen LogP contribution in [0.15, 0.2) is 16.5 Å². The summed E-state index contributed by atoms with van der Waals surface area (Å²) >= 11 is 0. The van der Waals surface area contributed by atoms with Gasteiger partial charge in [-0.05, 0) is 18.9 Å². The summed E-state index contributed by atoms with van der Waals surface area (Å²) in [5, 5.41) is 16.3. The van der Waals surface area contributed by atoms with E-state index in [2.05, 4.69) is 30.1 Å². The van der Waals surface area contributed by atoms with Crippen molar-refractivity contribution in [3.8, 4) is 11.6 Å². The van der Waals surface area contributed by atoms with Gasteiger partial charge in [-0.1, -0.05) is 0 Å². The third kappa shape index (κ3) is 3.98. The summed E-state index contributed by atoms with van der Waals surface area (Å²) in [5.74, 6) is -2.75. The van der Waals surface area contributed by atoms with Gasteiger partial charge in [-0.3, -0.25) is 14.2 Å². The van der Waals surface area contributed by atoms with Crippen molar-refractivity contribution < 1.29 is 35.6 Å². The summed E-state index contributed by atoms with van der Waals surface area (Å²) in [7, 11) is 1.21. The average Bonchev–Trinajstić information content (AvgIpc) is 3.38. The van der Waals surface area contributed by atoms with Gasteiger partial charge in [0, 0.05) is 19.7 Å². The molecule has 4 heterocycles. The minimum atomic E-state index is -4.81. The minimum Gasteiger partial charge on any atom is -0.411 e. The number of fused-ring (bicyclic) bond motifs is 1. The number of amides is 1. The van der Waals surface area contributed by atoms with E-state index in [1.54, 1.807) is 0 Å². The SMILES string of the molecule is Cn1nc(C(F)(F)F)cc1C(=O)NC1CCCn2nc(-c3nnc(C(F)(F)F)o3)cc21. The molecular formula is C16H13F6N7O2. The molecule has 0 fully saturated rings. The fraction of sp³-hybridized carbons (Fsp3) is 0.438. The quantitative estimate of drug-likeness (QED) is 0.617. The number of rotatable bonds is 3. The molecule has 1 amide bonds. The number of hydrogen-bond acceptors (Lipinski definition) is 6. The summed E-state index contributed by atoms with van der Waals surface area (Å²) < 4.78 is 83.4. The smallest absolute Gasteiger partial charge is 0.411 e. The number of aromatic nitrogens is 6. The molecule has 31 heavy (non-hydrogen) atoms. The van der Waals surface area contributed by atoms with Crippen LogP contribution in [0.1, 0.15) is 46.7 Å². The standard InChI is InChI=1S/C16H13F6N7O2/c1-28-10(6-11(27-28)15(17,18)19)12(30)23-7-3-2-4-29-9(7)5-8(26-29)13-24-25-14(31-13)16(20,21)22/h5-7H,2-4H2,1H3,(H,23,30). The number of carbonyl (C=O) groups excluding carboxylic acids is 1. The predicted molar refractivity (Wildman–Crippen MR) is 88.2 cm³/mol. The number of halogens is 6. The van der Waals surface area contributed by atoms with Crippen molar-refractivity contribution >= 4 is 5.91 Å². The molecule has 0 saturated carbocycles.